The van der Waals surface area contributed by atoms with Crippen LogP contribution in [-0.4, -0.2) is 41.4 Å². The van der Waals surface area contributed by atoms with E-state index >= 15 is 0 Å². The highest BCUT2D eigenvalue weighted by Gasteiger charge is 2.41. The largest absolute Gasteiger partial charge is 0.361 e. The summed E-state index contributed by atoms with van der Waals surface area (Å²) in [4.78, 5) is 4.94. The van der Waals surface area contributed by atoms with Crippen molar-refractivity contribution >= 4 is 56.0 Å². The third-order valence-corrected chi connectivity index (χ3v) is 12.7. The van der Waals surface area contributed by atoms with Crippen LogP contribution in [0.25, 0.3) is 21.9 Å². The predicted molar refractivity (Wildman–Crippen MR) is 181 cm³/mol. The van der Waals surface area contributed by atoms with Gasteiger partial charge in [-0.25, -0.2) is 17.4 Å². The van der Waals surface area contributed by atoms with E-state index in [1.807, 2.05) is 44.2 Å². The fourth-order valence-corrected chi connectivity index (χ4v) is 9.32. The molecular formula is C33H39BrN4O3SSi. The van der Waals surface area contributed by atoms with Crippen LogP contribution in [0.2, 0.25) is 25.7 Å². The first-order valence-electron chi connectivity index (χ1n) is 14.7. The molecule has 43 heavy (non-hydrogen) atoms. The molecule has 10 heteroatoms. The molecule has 1 aliphatic carbocycles. The number of halogens is 1. The Morgan fingerprint density at radius 1 is 1.19 bits per heavy atom. The zero-order valence-electron chi connectivity index (χ0n) is 25.7. The predicted octanol–water partition coefficient (Wildman–Crippen LogP) is 8.03. The zero-order valence-corrected chi connectivity index (χ0v) is 29.1. The minimum absolute atomic E-state index is 0.361. The van der Waals surface area contributed by atoms with Crippen molar-refractivity contribution in [2.24, 2.45) is 0 Å². The first kappa shape index (κ1) is 31.5. The molecule has 4 aromatic rings. The molecule has 0 fully saturated rings. The maximum absolute atomic E-state index is 14.3. The van der Waals surface area contributed by atoms with Crippen LogP contribution in [0.4, 0.5) is 0 Å². The number of nitrogens with zero attached hydrogens (tertiary/aromatic N) is 4. The Labute approximate surface area is 264 Å². The third-order valence-electron chi connectivity index (χ3n) is 8.24. The van der Waals surface area contributed by atoms with Gasteiger partial charge in [-0.1, -0.05) is 60.7 Å². The molecule has 7 nitrogen and oxygen atoms in total. The topological polar surface area (TPSA) is 89.9 Å². The van der Waals surface area contributed by atoms with Gasteiger partial charge in [-0.15, -0.1) is 0 Å². The number of imidazole rings is 1. The number of hydrogen-bond donors (Lipinski definition) is 0. The van der Waals surface area contributed by atoms with Gasteiger partial charge >= 0.3 is 0 Å². The van der Waals surface area contributed by atoms with E-state index in [0.717, 1.165) is 55.9 Å². The van der Waals surface area contributed by atoms with Gasteiger partial charge < -0.3 is 9.30 Å². The van der Waals surface area contributed by atoms with Gasteiger partial charge in [0.05, 0.1) is 28.2 Å². The molecule has 0 aliphatic heterocycles. The molecule has 2 aromatic carbocycles. The first-order valence-corrected chi connectivity index (χ1v) is 20.6. The molecule has 1 aliphatic rings. The van der Waals surface area contributed by atoms with Gasteiger partial charge in [0.1, 0.15) is 17.3 Å². The Bertz CT molecular complexity index is 1920. The van der Waals surface area contributed by atoms with Crippen LogP contribution in [-0.2, 0) is 27.9 Å². The highest BCUT2D eigenvalue weighted by atomic mass is 79.9. The second-order valence-corrected chi connectivity index (χ2v) is 21.8. The van der Waals surface area contributed by atoms with Crippen LogP contribution >= 0.6 is 15.9 Å². The van der Waals surface area contributed by atoms with Crippen LogP contribution in [0.1, 0.15) is 49.2 Å². The number of hydrogen-bond acceptors (Lipinski definition) is 5. The molecule has 5 rings (SSSR count). The van der Waals surface area contributed by atoms with Crippen molar-refractivity contribution in [2.75, 3.05) is 6.61 Å². The second-order valence-electron chi connectivity index (χ2n) is 12.9. The van der Waals surface area contributed by atoms with Crippen LogP contribution < -0.4 is 0 Å². The molecule has 0 radical (unpaired) electrons. The molecule has 0 bridgehead atoms. The van der Waals surface area contributed by atoms with E-state index in [1.165, 1.54) is 3.97 Å². The second kappa shape index (κ2) is 11.8. The summed E-state index contributed by atoms with van der Waals surface area (Å²) in [6, 6.07) is 14.8. The van der Waals surface area contributed by atoms with Gasteiger partial charge in [0, 0.05) is 39.1 Å². The van der Waals surface area contributed by atoms with Crippen LogP contribution in [0, 0.1) is 18.3 Å². The fourth-order valence-electron chi connectivity index (χ4n) is 5.71. The van der Waals surface area contributed by atoms with Gasteiger partial charge in [-0.3, -0.25) is 0 Å². The van der Waals surface area contributed by atoms with Crippen LogP contribution in [0.5, 0.6) is 0 Å². The fraction of sp³-hybridized carbons (Fsp3) is 0.394. The summed E-state index contributed by atoms with van der Waals surface area (Å²) in [6.45, 7) is 13.8. The van der Waals surface area contributed by atoms with Crippen molar-refractivity contribution < 1.29 is 13.2 Å². The molecule has 0 spiro atoms. The van der Waals surface area contributed by atoms with Gasteiger partial charge in [0.2, 0.25) is 10.0 Å². The molecule has 1 unspecified atom stereocenters. The quantitative estimate of drug-likeness (QED) is 0.125. The molecule has 1 atom stereocenters. The first-order chi connectivity index (χ1) is 20.3. The van der Waals surface area contributed by atoms with Crippen LogP contribution in [0.3, 0.4) is 0 Å². The van der Waals surface area contributed by atoms with Crippen molar-refractivity contribution in [3.8, 4) is 6.07 Å². The highest BCUT2D eigenvalue weighted by molar-refractivity contribution is 9.11. The van der Waals surface area contributed by atoms with Gasteiger partial charge in [-0.2, -0.15) is 5.26 Å². The third kappa shape index (κ3) is 6.18. The summed E-state index contributed by atoms with van der Waals surface area (Å²) >= 11 is 3.59. The summed E-state index contributed by atoms with van der Waals surface area (Å²) in [5.74, 6) is 0.808. The Morgan fingerprint density at radius 3 is 2.65 bits per heavy atom. The van der Waals surface area contributed by atoms with E-state index in [-0.39, 0.29) is 0 Å². The number of rotatable bonds is 10. The smallest absolute Gasteiger partial charge is 0.248 e. The lowest BCUT2D eigenvalue weighted by Crippen LogP contribution is -2.39. The monoisotopic (exact) mass is 678 g/mol. The lowest BCUT2D eigenvalue weighted by atomic mass is 9.96. The minimum atomic E-state index is -3.80. The van der Waals surface area contributed by atoms with Crippen molar-refractivity contribution in [3.63, 3.8) is 0 Å². The lowest BCUT2D eigenvalue weighted by Gasteiger charge is -2.30. The summed E-state index contributed by atoms with van der Waals surface area (Å²) in [5.41, 5.74) is 5.78. The number of fused-ring (bicyclic) bond motifs is 2. The van der Waals surface area contributed by atoms with Gasteiger partial charge in [-0.05, 0) is 77.8 Å². The molecule has 0 N–H and O–H groups in total. The SMILES string of the molecule is CCC1=CC(C)(S(=O)(=O)n2ccc3c(Cc4nc5cc(C#N)ccc5n4COCC[Si](C)(C)C)ccc(C)c32)CC(Br)=C1. The molecule has 0 saturated carbocycles. The van der Waals surface area contributed by atoms with E-state index in [4.69, 9.17) is 9.72 Å². The number of ether oxygens (including phenoxy) is 1. The van der Waals surface area contributed by atoms with Crippen LogP contribution in [0.15, 0.2) is 64.8 Å². The highest BCUT2D eigenvalue weighted by Crippen LogP contribution is 2.39. The standard InChI is InChI=1S/C33H39BrN4O3SSi/c1-7-24-16-27(34)20-33(3,19-24)42(39,40)38-13-12-28-26(10-8-23(2)32(28)38)18-31-36-29-17-25(21-35)9-11-30(29)37(31)22-41-14-15-43(4,5)6/h8-13,16-17,19H,7,14-15,18,20,22H2,1-6H3. The van der Waals surface area contributed by atoms with E-state index < -0.39 is 22.8 Å². The maximum Gasteiger partial charge on any atom is 0.248 e. The molecular weight excluding hydrogens is 640 g/mol. The summed E-state index contributed by atoms with van der Waals surface area (Å²) < 4.78 is 38.1. The molecule has 2 aromatic heterocycles. The van der Waals surface area contributed by atoms with Crippen molar-refractivity contribution in [1.82, 2.24) is 13.5 Å². The molecule has 2 heterocycles. The normalized spacial score (nSPS) is 17.7. The summed E-state index contributed by atoms with van der Waals surface area (Å²) in [7, 11) is -5.04. The Kier molecular flexibility index (Phi) is 8.66. The minimum Gasteiger partial charge on any atom is -0.361 e. The number of allylic oxidation sites excluding steroid dienone is 3. The Hall–Kier alpha value is -2.97. The Balaban J connectivity index is 1.56. The number of benzene rings is 2. The Morgan fingerprint density at radius 2 is 1.95 bits per heavy atom. The van der Waals surface area contributed by atoms with Gasteiger partial charge in [0.25, 0.3) is 0 Å². The van der Waals surface area contributed by atoms with Gasteiger partial charge in [0.15, 0.2) is 0 Å². The number of nitriles is 1. The van der Waals surface area contributed by atoms with E-state index in [0.29, 0.717) is 37.3 Å². The molecule has 226 valence electrons. The average Bonchev–Trinajstić information content (AvgIpc) is 3.54. The average molecular weight is 680 g/mol. The van der Waals surface area contributed by atoms with E-state index in [9.17, 15) is 13.7 Å². The van der Waals surface area contributed by atoms with E-state index in [2.05, 4.69) is 52.3 Å². The summed E-state index contributed by atoms with van der Waals surface area (Å²) in [6.07, 6.45) is 7.24. The lowest BCUT2D eigenvalue weighted by molar-refractivity contribution is 0.0881. The van der Waals surface area contributed by atoms with E-state index in [1.54, 1.807) is 25.3 Å². The molecule has 0 amide bonds. The zero-order chi connectivity index (χ0) is 31.2. The number of aryl methyl sites for hydroxylation is 1. The van der Waals surface area contributed by atoms with Crippen molar-refractivity contribution in [2.45, 2.75) is 77.2 Å². The summed E-state index contributed by atoms with van der Waals surface area (Å²) in [5, 5.41) is 10.3. The van der Waals surface area contributed by atoms with Crippen molar-refractivity contribution in [3.05, 3.63) is 87.3 Å². The molecule has 0 saturated heterocycles. The van der Waals surface area contributed by atoms with Crippen molar-refractivity contribution in [1.29, 1.82) is 5.26 Å². The number of aromatic nitrogens is 3. The maximum atomic E-state index is 14.3.